The molecule has 2 unspecified atom stereocenters. The fourth-order valence-corrected chi connectivity index (χ4v) is 2.90. The van der Waals surface area contributed by atoms with Crippen LogP contribution in [0.4, 0.5) is 5.69 Å². The Hall–Kier alpha value is -2.53. The number of ether oxygens (including phenoxy) is 1. The van der Waals surface area contributed by atoms with Crippen LogP contribution < -0.4 is 15.4 Å². The number of carbonyl (C=O) groups is 2. The molecule has 2 aromatic carbocycles. The number of rotatable bonds is 7. The summed E-state index contributed by atoms with van der Waals surface area (Å²) in [5.41, 5.74) is 1.60. The molecule has 6 heteroatoms. The summed E-state index contributed by atoms with van der Waals surface area (Å²) in [6, 6.07) is 14.6. The van der Waals surface area contributed by atoms with E-state index in [9.17, 15) is 9.59 Å². The monoisotopic (exact) mass is 372 g/mol. The third kappa shape index (κ3) is 4.55. The van der Waals surface area contributed by atoms with Crippen molar-refractivity contribution in [3.8, 4) is 5.75 Å². The molecule has 0 saturated heterocycles. The summed E-state index contributed by atoms with van der Waals surface area (Å²) in [7, 11) is 0. The second-order valence-corrected chi connectivity index (χ2v) is 6.65. The van der Waals surface area contributed by atoms with Gasteiger partial charge in [0.05, 0.1) is 24.1 Å². The van der Waals surface area contributed by atoms with Gasteiger partial charge in [-0.1, -0.05) is 35.9 Å². The lowest BCUT2D eigenvalue weighted by Crippen LogP contribution is -2.27. The van der Waals surface area contributed by atoms with Gasteiger partial charge in [0, 0.05) is 11.6 Å². The highest BCUT2D eigenvalue weighted by molar-refractivity contribution is 6.30. The van der Waals surface area contributed by atoms with Gasteiger partial charge in [-0.3, -0.25) is 9.59 Å². The molecular weight excluding hydrogens is 352 g/mol. The van der Waals surface area contributed by atoms with Crippen molar-refractivity contribution in [3.63, 3.8) is 0 Å². The molecule has 2 aromatic rings. The minimum absolute atomic E-state index is 0.0989. The third-order valence-electron chi connectivity index (χ3n) is 4.29. The summed E-state index contributed by atoms with van der Waals surface area (Å²) in [5.74, 6) is -0.189. The predicted octanol–water partition coefficient (Wildman–Crippen LogP) is 3.63. The molecule has 0 aliphatic heterocycles. The number of amides is 2. The second kappa shape index (κ2) is 8.23. The number of hydrogen-bond donors (Lipinski definition) is 2. The van der Waals surface area contributed by atoms with Crippen molar-refractivity contribution in [2.75, 3.05) is 11.9 Å². The third-order valence-corrected chi connectivity index (χ3v) is 4.54. The first-order valence-corrected chi connectivity index (χ1v) is 9.01. The van der Waals surface area contributed by atoms with E-state index in [4.69, 9.17) is 16.3 Å². The van der Waals surface area contributed by atoms with Crippen LogP contribution in [0.2, 0.25) is 5.02 Å². The number of hydrogen-bond acceptors (Lipinski definition) is 3. The molecule has 26 heavy (non-hydrogen) atoms. The SMILES string of the molecule is CCOc1ccccc1NC(=O)C1CC1C(=O)NCc1ccc(Cl)cc1. The number of carbonyl (C=O) groups excluding carboxylic acids is 2. The molecule has 2 atom stereocenters. The van der Waals surface area contributed by atoms with Gasteiger partial charge in [-0.15, -0.1) is 0 Å². The summed E-state index contributed by atoms with van der Waals surface area (Å²) < 4.78 is 5.50. The van der Waals surface area contributed by atoms with E-state index in [-0.39, 0.29) is 23.7 Å². The van der Waals surface area contributed by atoms with E-state index >= 15 is 0 Å². The van der Waals surface area contributed by atoms with Crippen molar-refractivity contribution in [3.05, 3.63) is 59.1 Å². The van der Waals surface area contributed by atoms with Gasteiger partial charge < -0.3 is 15.4 Å². The maximum Gasteiger partial charge on any atom is 0.228 e. The van der Waals surface area contributed by atoms with Crippen molar-refractivity contribution >= 4 is 29.1 Å². The van der Waals surface area contributed by atoms with Crippen LogP contribution in [0.1, 0.15) is 18.9 Å². The highest BCUT2D eigenvalue weighted by Gasteiger charge is 2.48. The Morgan fingerprint density at radius 1 is 1.08 bits per heavy atom. The minimum atomic E-state index is -0.296. The normalized spacial score (nSPS) is 18.1. The molecule has 2 amide bonds. The maximum atomic E-state index is 12.4. The number of benzene rings is 2. The van der Waals surface area contributed by atoms with Crippen molar-refractivity contribution in [2.45, 2.75) is 19.9 Å². The first-order valence-electron chi connectivity index (χ1n) is 8.63. The largest absolute Gasteiger partial charge is 0.492 e. The molecule has 3 rings (SSSR count). The first kappa shape index (κ1) is 18.3. The zero-order valence-electron chi connectivity index (χ0n) is 14.5. The molecular formula is C20H21ClN2O3. The van der Waals surface area contributed by atoms with Gasteiger partial charge in [0.25, 0.3) is 0 Å². The molecule has 136 valence electrons. The van der Waals surface area contributed by atoms with Crippen molar-refractivity contribution < 1.29 is 14.3 Å². The number of para-hydroxylation sites is 2. The van der Waals surface area contributed by atoms with Gasteiger partial charge >= 0.3 is 0 Å². The molecule has 0 aromatic heterocycles. The smallest absolute Gasteiger partial charge is 0.228 e. The topological polar surface area (TPSA) is 67.4 Å². The van der Waals surface area contributed by atoms with E-state index in [0.717, 1.165) is 5.56 Å². The number of anilines is 1. The number of nitrogens with one attached hydrogen (secondary N) is 2. The molecule has 0 spiro atoms. The average molecular weight is 373 g/mol. The molecule has 1 aliphatic rings. The lowest BCUT2D eigenvalue weighted by atomic mass is 10.2. The van der Waals surface area contributed by atoms with Crippen LogP contribution in [0.3, 0.4) is 0 Å². The van der Waals surface area contributed by atoms with E-state index in [0.29, 0.717) is 36.0 Å². The van der Waals surface area contributed by atoms with Crippen LogP contribution in [0.5, 0.6) is 5.75 Å². The molecule has 0 bridgehead atoms. The van der Waals surface area contributed by atoms with Crippen LogP contribution in [-0.4, -0.2) is 18.4 Å². The van der Waals surface area contributed by atoms with E-state index in [1.807, 2.05) is 37.3 Å². The fraction of sp³-hybridized carbons (Fsp3) is 0.300. The Morgan fingerprint density at radius 2 is 1.77 bits per heavy atom. The molecule has 0 radical (unpaired) electrons. The van der Waals surface area contributed by atoms with Gasteiger partial charge in [-0.25, -0.2) is 0 Å². The quantitative estimate of drug-likeness (QED) is 0.779. The predicted molar refractivity (Wildman–Crippen MR) is 101 cm³/mol. The zero-order valence-corrected chi connectivity index (χ0v) is 15.3. The summed E-state index contributed by atoms with van der Waals surface area (Å²) in [6.07, 6.45) is 0.565. The van der Waals surface area contributed by atoms with E-state index in [1.165, 1.54) is 0 Å². The zero-order chi connectivity index (χ0) is 18.5. The summed E-state index contributed by atoms with van der Waals surface area (Å²) in [6.45, 7) is 2.83. The average Bonchev–Trinajstić information content (AvgIpc) is 3.44. The van der Waals surface area contributed by atoms with Crippen LogP contribution in [0.25, 0.3) is 0 Å². The van der Waals surface area contributed by atoms with Crippen LogP contribution in [0.15, 0.2) is 48.5 Å². The Labute approximate surface area is 157 Å². The highest BCUT2D eigenvalue weighted by atomic mass is 35.5. The van der Waals surface area contributed by atoms with Crippen LogP contribution in [-0.2, 0) is 16.1 Å². The van der Waals surface area contributed by atoms with Gasteiger partial charge in [-0.2, -0.15) is 0 Å². The first-order chi connectivity index (χ1) is 12.6. The van der Waals surface area contributed by atoms with Crippen LogP contribution in [0, 0.1) is 11.8 Å². The Kier molecular flexibility index (Phi) is 5.78. The highest BCUT2D eigenvalue weighted by Crippen LogP contribution is 2.40. The van der Waals surface area contributed by atoms with Crippen molar-refractivity contribution in [1.82, 2.24) is 5.32 Å². The van der Waals surface area contributed by atoms with Gasteiger partial charge in [0.15, 0.2) is 0 Å². The lowest BCUT2D eigenvalue weighted by Gasteiger charge is -2.11. The molecule has 2 N–H and O–H groups in total. The molecule has 1 fully saturated rings. The Bertz CT molecular complexity index is 792. The van der Waals surface area contributed by atoms with Gasteiger partial charge in [0.1, 0.15) is 5.75 Å². The van der Waals surface area contributed by atoms with Gasteiger partial charge in [-0.05, 0) is 43.2 Å². The van der Waals surface area contributed by atoms with Gasteiger partial charge in [0.2, 0.25) is 11.8 Å². The van der Waals surface area contributed by atoms with Crippen molar-refractivity contribution in [2.24, 2.45) is 11.8 Å². The fourth-order valence-electron chi connectivity index (χ4n) is 2.77. The van der Waals surface area contributed by atoms with E-state index in [2.05, 4.69) is 10.6 Å². The van der Waals surface area contributed by atoms with E-state index in [1.54, 1.807) is 18.2 Å². The minimum Gasteiger partial charge on any atom is -0.492 e. The molecule has 5 nitrogen and oxygen atoms in total. The number of halogens is 1. The summed E-state index contributed by atoms with van der Waals surface area (Å²) >= 11 is 5.85. The standard InChI is InChI=1S/C20H21ClN2O3/c1-2-26-18-6-4-3-5-17(18)23-20(25)16-11-15(16)19(24)22-12-13-7-9-14(21)10-8-13/h3-10,15-16H,2,11-12H2,1H3,(H,22,24)(H,23,25). The Morgan fingerprint density at radius 3 is 2.50 bits per heavy atom. The maximum absolute atomic E-state index is 12.4. The summed E-state index contributed by atoms with van der Waals surface area (Å²) in [4.78, 5) is 24.6. The molecule has 1 saturated carbocycles. The molecule has 0 heterocycles. The second-order valence-electron chi connectivity index (χ2n) is 6.21. The lowest BCUT2D eigenvalue weighted by molar-refractivity contribution is -0.125. The van der Waals surface area contributed by atoms with Crippen molar-refractivity contribution in [1.29, 1.82) is 0 Å². The Balaban J connectivity index is 1.50. The van der Waals surface area contributed by atoms with Crippen LogP contribution >= 0.6 is 11.6 Å². The summed E-state index contributed by atoms with van der Waals surface area (Å²) in [5, 5.41) is 6.40. The van der Waals surface area contributed by atoms with E-state index < -0.39 is 0 Å². The molecule has 1 aliphatic carbocycles.